The number of benzene rings is 1. The largest absolute Gasteiger partial charge is 0.354 e. The lowest BCUT2D eigenvalue weighted by molar-refractivity contribution is -0.138. The van der Waals surface area contributed by atoms with E-state index in [9.17, 15) is 13.6 Å². The predicted molar refractivity (Wildman–Crippen MR) is 54.5 cm³/mol. The van der Waals surface area contributed by atoms with Gasteiger partial charge in [0.05, 0.1) is 0 Å². The molecular formula is C11H11F2NO. The molecule has 0 unspecified atom stereocenters. The molecule has 1 amide bonds. The first kappa shape index (κ1) is 11.4. The van der Waals surface area contributed by atoms with E-state index in [4.69, 9.17) is 0 Å². The molecular weight excluding hydrogens is 200 g/mol. The molecule has 0 aliphatic rings. The number of alkyl halides is 2. The van der Waals surface area contributed by atoms with Crippen LogP contribution in [-0.2, 0) is 4.79 Å². The van der Waals surface area contributed by atoms with E-state index in [0.717, 1.165) is 0 Å². The number of carbonyl (C=O) groups excluding carboxylic acids is 1. The molecule has 1 rings (SSSR count). The Morgan fingerprint density at radius 1 is 1.33 bits per heavy atom. The summed E-state index contributed by atoms with van der Waals surface area (Å²) in [6, 6.07) is 8.61. The van der Waals surface area contributed by atoms with Gasteiger partial charge in [0.2, 0.25) is 0 Å². The molecule has 0 bridgehead atoms. The molecule has 0 atom stereocenters. The minimum absolute atomic E-state index is 0.584. The quantitative estimate of drug-likeness (QED) is 0.814. The van der Waals surface area contributed by atoms with Gasteiger partial charge in [0.1, 0.15) is 0 Å². The summed E-state index contributed by atoms with van der Waals surface area (Å²) < 4.78 is 26.0. The van der Waals surface area contributed by atoms with Gasteiger partial charge in [-0.05, 0) is 11.6 Å². The summed E-state index contributed by atoms with van der Waals surface area (Å²) in [6.45, 7) is 0. The van der Waals surface area contributed by atoms with Crippen LogP contribution < -0.4 is 5.32 Å². The van der Waals surface area contributed by atoms with Crippen molar-refractivity contribution in [3.63, 3.8) is 0 Å². The van der Waals surface area contributed by atoms with Crippen LogP contribution in [0.3, 0.4) is 0 Å². The average Bonchev–Trinajstić information content (AvgIpc) is 2.27. The van der Waals surface area contributed by atoms with Gasteiger partial charge in [0, 0.05) is 7.05 Å². The second kappa shape index (κ2) is 4.68. The number of hydrogen-bond donors (Lipinski definition) is 1. The van der Waals surface area contributed by atoms with Gasteiger partial charge in [0.25, 0.3) is 5.91 Å². The van der Waals surface area contributed by atoms with Crippen molar-refractivity contribution in [3.05, 3.63) is 42.0 Å². The zero-order chi connectivity index (χ0) is 11.3. The minimum Gasteiger partial charge on any atom is -0.354 e. The van der Waals surface area contributed by atoms with Gasteiger partial charge in [-0.3, -0.25) is 4.79 Å². The normalized spacial score (nSPS) is 11.7. The zero-order valence-electron chi connectivity index (χ0n) is 8.21. The zero-order valence-corrected chi connectivity index (χ0v) is 8.21. The fourth-order valence-corrected chi connectivity index (χ4v) is 1.01. The maximum Gasteiger partial charge on any atom is 0.343 e. The standard InChI is InChI=1S/C11H11F2NO/c1-14-10(15)11(12,13)8-7-9-5-3-2-4-6-9/h2-8H,1H3,(H,14,15)/b8-7-. The summed E-state index contributed by atoms with van der Waals surface area (Å²) in [4.78, 5) is 10.7. The van der Waals surface area contributed by atoms with Crippen molar-refractivity contribution in [2.45, 2.75) is 5.92 Å². The van der Waals surface area contributed by atoms with Gasteiger partial charge in [-0.25, -0.2) is 0 Å². The maximum absolute atomic E-state index is 13.0. The molecule has 0 saturated carbocycles. The first-order valence-corrected chi connectivity index (χ1v) is 4.40. The Morgan fingerprint density at radius 2 is 1.93 bits per heavy atom. The summed E-state index contributed by atoms with van der Waals surface area (Å²) in [5, 5.41) is 1.90. The first-order chi connectivity index (χ1) is 7.06. The summed E-state index contributed by atoms with van der Waals surface area (Å²) in [5.41, 5.74) is 0.626. The van der Waals surface area contributed by atoms with Crippen molar-refractivity contribution in [2.24, 2.45) is 0 Å². The summed E-state index contributed by atoms with van der Waals surface area (Å²) >= 11 is 0. The van der Waals surface area contributed by atoms with E-state index in [1.54, 1.807) is 30.3 Å². The second-order valence-electron chi connectivity index (χ2n) is 2.95. The van der Waals surface area contributed by atoms with Gasteiger partial charge >= 0.3 is 5.92 Å². The Morgan fingerprint density at radius 3 is 2.47 bits per heavy atom. The summed E-state index contributed by atoms with van der Waals surface area (Å²) in [5.74, 6) is -4.78. The average molecular weight is 211 g/mol. The molecule has 0 fully saturated rings. The third-order valence-corrected chi connectivity index (χ3v) is 1.81. The third kappa shape index (κ3) is 3.16. The van der Waals surface area contributed by atoms with Crippen LogP contribution in [0.4, 0.5) is 8.78 Å². The monoisotopic (exact) mass is 211 g/mol. The molecule has 15 heavy (non-hydrogen) atoms. The molecule has 0 heterocycles. The van der Waals surface area contributed by atoms with Gasteiger partial charge in [-0.2, -0.15) is 8.78 Å². The van der Waals surface area contributed by atoms with Gasteiger partial charge in [-0.15, -0.1) is 0 Å². The Bertz CT molecular complexity index is 360. The van der Waals surface area contributed by atoms with Gasteiger partial charge in [0.15, 0.2) is 0 Å². The Balaban J connectivity index is 2.77. The van der Waals surface area contributed by atoms with Crippen molar-refractivity contribution >= 4 is 12.0 Å². The van der Waals surface area contributed by atoms with Crippen LogP contribution in [0.5, 0.6) is 0 Å². The van der Waals surface area contributed by atoms with E-state index in [2.05, 4.69) is 0 Å². The highest BCUT2D eigenvalue weighted by molar-refractivity contribution is 5.86. The lowest BCUT2D eigenvalue weighted by atomic mass is 10.2. The number of hydrogen-bond acceptors (Lipinski definition) is 1. The Hall–Kier alpha value is -1.71. The van der Waals surface area contributed by atoms with Crippen molar-refractivity contribution in [1.82, 2.24) is 5.32 Å². The van der Waals surface area contributed by atoms with Crippen LogP contribution in [-0.4, -0.2) is 18.9 Å². The van der Waals surface area contributed by atoms with Crippen molar-refractivity contribution in [2.75, 3.05) is 7.05 Å². The molecule has 0 spiro atoms. The molecule has 1 aromatic rings. The van der Waals surface area contributed by atoms with Crippen molar-refractivity contribution in [3.8, 4) is 0 Å². The van der Waals surface area contributed by atoms with Crippen molar-refractivity contribution in [1.29, 1.82) is 0 Å². The number of nitrogens with one attached hydrogen (secondary N) is 1. The maximum atomic E-state index is 13.0. The van der Waals surface area contributed by atoms with E-state index in [1.807, 2.05) is 5.32 Å². The Labute approximate surface area is 86.6 Å². The number of carbonyl (C=O) groups is 1. The van der Waals surface area contributed by atoms with Crippen molar-refractivity contribution < 1.29 is 13.6 Å². The molecule has 0 radical (unpaired) electrons. The molecule has 0 aromatic heterocycles. The lowest BCUT2D eigenvalue weighted by Crippen LogP contribution is -2.36. The van der Waals surface area contributed by atoms with E-state index < -0.39 is 11.8 Å². The SMILES string of the molecule is CNC(=O)C(F)(F)/C=C\c1ccccc1. The lowest BCUT2D eigenvalue weighted by Gasteiger charge is -2.08. The van der Waals surface area contributed by atoms with Crippen LogP contribution in [0.15, 0.2) is 36.4 Å². The molecule has 2 nitrogen and oxygen atoms in total. The van der Waals surface area contributed by atoms with E-state index in [0.29, 0.717) is 11.6 Å². The second-order valence-corrected chi connectivity index (χ2v) is 2.95. The van der Waals surface area contributed by atoms with Crippen LogP contribution in [0.1, 0.15) is 5.56 Å². The highest BCUT2D eigenvalue weighted by atomic mass is 19.3. The summed E-state index contributed by atoms with van der Waals surface area (Å²) in [6.07, 6.45) is 1.80. The number of rotatable bonds is 3. The number of halogens is 2. The van der Waals surface area contributed by atoms with Crippen LogP contribution >= 0.6 is 0 Å². The van der Waals surface area contributed by atoms with Gasteiger partial charge in [-0.1, -0.05) is 36.4 Å². The van der Waals surface area contributed by atoms with E-state index in [-0.39, 0.29) is 0 Å². The molecule has 0 aliphatic heterocycles. The van der Waals surface area contributed by atoms with Crippen LogP contribution in [0.25, 0.3) is 6.08 Å². The molecule has 4 heteroatoms. The molecule has 0 saturated heterocycles. The minimum atomic E-state index is -3.47. The molecule has 1 N–H and O–H groups in total. The fourth-order valence-electron chi connectivity index (χ4n) is 1.01. The molecule has 80 valence electrons. The highest BCUT2D eigenvalue weighted by Gasteiger charge is 2.34. The Kier molecular flexibility index (Phi) is 3.55. The first-order valence-electron chi connectivity index (χ1n) is 4.40. The predicted octanol–water partition coefficient (Wildman–Crippen LogP) is 2.08. The highest BCUT2D eigenvalue weighted by Crippen LogP contribution is 2.17. The van der Waals surface area contributed by atoms with E-state index >= 15 is 0 Å². The fraction of sp³-hybridized carbons (Fsp3) is 0.182. The third-order valence-electron chi connectivity index (χ3n) is 1.81. The smallest absolute Gasteiger partial charge is 0.343 e. The number of amides is 1. The topological polar surface area (TPSA) is 29.1 Å². The van der Waals surface area contributed by atoms with E-state index in [1.165, 1.54) is 13.1 Å². The summed E-state index contributed by atoms with van der Waals surface area (Å²) in [7, 11) is 1.17. The van der Waals surface area contributed by atoms with Crippen LogP contribution in [0.2, 0.25) is 0 Å². The molecule has 0 aliphatic carbocycles. The van der Waals surface area contributed by atoms with Crippen LogP contribution in [0, 0.1) is 0 Å². The molecule has 1 aromatic carbocycles. The van der Waals surface area contributed by atoms with Gasteiger partial charge < -0.3 is 5.32 Å².